The molecule has 0 aliphatic carbocycles. The van der Waals surface area contributed by atoms with Gasteiger partial charge in [0.05, 0.1) is 24.3 Å². The van der Waals surface area contributed by atoms with Crippen molar-refractivity contribution in [2.75, 3.05) is 17.1 Å². The Kier molecular flexibility index (Phi) is 5.23. The summed E-state index contributed by atoms with van der Waals surface area (Å²) in [6.45, 7) is 0.409. The highest BCUT2D eigenvalue weighted by molar-refractivity contribution is 7.92. The second kappa shape index (κ2) is 7.99. The number of nitrogens with one attached hydrogen (secondary N) is 2. The average Bonchev–Trinajstić information content (AvgIpc) is 3.19. The van der Waals surface area contributed by atoms with Crippen LogP contribution in [0.5, 0.6) is 5.75 Å². The van der Waals surface area contributed by atoms with Crippen molar-refractivity contribution in [1.82, 2.24) is 19.7 Å². The normalized spacial score (nSPS) is 11.4. The molecule has 4 aromatic rings. The van der Waals surface area contributed by atoms with Gasteiger partial charge in [-0.3, -0.25) is 9.40 Å². The summed E-state index contributed by atoms with van der Waals surface area (Å²) in [5.74, 6) is 1.17. The fourth-order valence-electron chi connectivity index (χ4n) is 2.89. The van der Waals surface area contributed by atoms with Gasteiger partial charge in [-0.15, -0.1) is 0 Å². The number of anilines is 2. The number of methoxy groups -OCH3 is 1. The van der Waals surface area contributed by atoms with E-state index in [1.54, 1.807) is 20.2 Å². The maximum absolute atomic E-state index is 12.8. The van der Waals surface area contributed by atoms with Gasteiger partial charge in [0.2, 0.25) is 0 Å². The van der Waals surface area contributed by atoms with Gasteiger partial charge in [-0.2, -0.15) is 5.10 Å². The van der Waals surface area contributed by atoms with Crippen molar-refractivity contribution in [3.63, 3.8) is 0 Å². The van der Waals surface area contributed by atoms with Crippen LogP contribution in [0.1, 0.15) is 5.56 Å². The molecule has 0 spiro atoms. The molecule has 2 aromatic carbocycles. The predicted octanol–water partition coefficient (Wildman–Crippen LogP) is 2.78. The summed E-state index contributed by atoms with van der Waals surface area (Å²) in [7, 11) is -0.620. The highest BCUT2D eigenvalue weighted by Crippen LogP contribution is 2.25. The molecule has 0 saturated heterocycles. The molecule has 0 unspecified atom stereocenters. The Hall–Kier alpha value is -3.66. The molecule has 0 aliphatic rings. The van der Waals surface area contributed by atoms with Crippen LogP contribution in [0.4, 0.5) is 11.6 Å². The molecule has 0 aliphatic heterocycles. The van der Waals surface area contributed by atoms with Gasteiger partial charge in [-0.05, 0) is 29.8 Å². The fourth-order valence-corrected chi connectivity index (χ4v) is 3.88. The Labute approximate surface area is 173 Å². The maximum atomic E-state index is 12.8. The van der Waals surface area contributed by atoms with Crippen LogP contribution in [0.25, 0.3) is 11.0 Å². The summed E-state index contributed by atoms with van der Waals surface area (Å²) in [5, 5.41) is 7.10. The van der Waals surface area contributed by atoms with Crippen LogP contribution in [0.15, 0.2) is 65.8 Å². The zero-order chi connectivity index (χ0) is 21.1. The first-order chi connectivity index (χ1) is 14.4. The van der Waals surface area contributed by atoms with E-state index in [0.717, 1.165) is 11.3 Å². The van der Waals surface area contributed by atoms with E-state index in [-0.39, 0.29) is 10.7 Å². The summed E-state index contributed by atoms with van der Waals surface area (Å²) in [4.78, 5) is 9.08. The van der Waals surface area contributed by atoms with E-state index >= 15 is 0 Å². The summed E-state index contributed by atoms with van der Waals surface area (Å²) in [5.41, 5.74) is 2.17. The molecule has 0 fully saturated rings. The lowest BCUT2D eigenvalue weighted by atomic mass is 10.2. The van der Waals surface area contributed by atoms with Gasteiger partial charge in [0.1, 0.15) is 10.6 Å². The number of fused-ring (bicyclic) bond motifs is 1. The Morgan fingerprint density at radius 3 is 2.43 bits per heavy atom. The van der Waals surface area contributed by atoms with Gasteiger partial charge in [-0.25, -0.2) is 18.4 Å². The topological polar surface area (TPSA) is 111 Å². The van der Waals surface area contributed by atoms with E-state index in [1.165, 1.54) is 17.1 Å². The van der Waals surface area contributed by atoms with Crippen LogP contribution in [-0.2, 0) is 23.6 Å². The summed E-state index contributed by atoms with van der Waals surface area (Å²) in [6.07, 6.45) is 2.69. The molecule has 2 N–H and O–H groups in total. The number of aryl methyl sites for hydroxylation is 1. The molecule has 30 heavy (non-hydrogen) atoms. The second-order valence-corrected chi connectivity index (χ2v) is 8.25. The fraction of sp³-hybridized carbons (Fsp3) is 0.150. The van der Waals surface area contributed by atoms with Crippen molar-refractivity contribution < 1.29 is 13.2 Å². The summed E-state index contributed by atoms with van der Waals surface area (Å²) < 4.78 is 34.8. The molecular weight excluding hydrogens is 404 g/mol. The summed E-state index contributed by atoms with van der Waals surface area (Å²) >= 11 is 0. The van der Waals surface area contributed by atoms with E-state index in [1.807, 2.05) is 42.5 Å². The SMILES string of the molecule is COc1cccc(CNc2nc3ccccc3nc2NS(=O)(=O)c2cnn(C)c2)c1. The standard InChI is InChI=1S/C20H20N6O3S/c1-26-13-16(12-22-26)30(27,28)25-20-19(23-17-8-3-4-9-18(17)24-20)21-11-14-6-5-7-15(10-14)29-2/h3-10,12-13H,11H2,1-2H3,(H,21,23)(H,24,25). The molecule has 10 heteroatoms. The van der Waals surface area contributed by atoms with E-state index in [0.29, 0.717) is 23.4 Å². The molecule has 0 saturated carbocycles. The van der Waals surface area contributed by atoms with Gasteiger partial charge in [0.25, 0.3) is 10.0 Å². The average molecular weight is 424 g/mol. The molecule has 2 heterocycles. The highest BCUT2D eigenvalue weighted by atomic mass is 32.2. The van der Waals surface area contributed by atoms with E-state index in [2.05, 4.69) is 25.1 Å². The molecule has 0 bridgehead atoms. The van der Waals surface area contributed by atoms with E-state index in [9.17, 15) is 8.42 Å². The van der Waals surface area contributed by atoms with Crippen LogP contribution < -0.4 is 14.8 Å². The lowest BCUT2D eigenvalue weighted by Crippen LogP contribution is -2.16. The van der Waals surface area contributed by atoms with Crippen LogP contribution >= 0.6 is 0 Å². The minimum absolute atomic E-state index is 0.0405. The number of ether oxygens (including phenoxy) is 1. The van der Waals surface area contributed by atoms with Crippen molar-refractivity contribution in [2.24, 2.45) is 7.05 Å². The first-order valence-electron chi connectivity index (χ1n) is 9.10. The number of hydrogen-bond donors (Lipinski definition) is 2. The minimum Gasteiger partial charge on any atom is -0.497 e. The summed E-state index contributed by atoms with van der Waals surface area (Å²) in [6, 6.07) is 14.8. The third kappa shape index (κ3) is 4.18. The highest BCUT2D eigenvalue weighted by Gasteiger charge is 2.20. The van der Waals surface area contributed by atoms with Gasteiger partial charge < -0.3 is 10.1 Å². The lowest BCUT2D eigenvalue weighted by Gasteiger charge is -2.13. The zero-order valence-electron chi connectivity index (χ0n) is 16.4. The molecule has 9 nitrogen and oxygen atoms in total. The smallest absolute Gasteiger partial charge is 0.266 e. The van der Waals surface area contributed by atoms with Crippen molar-refractivity contribution in [2.45, 2.75) is 11.4 Å². The third-order valence-corrected chi connectivity index (χ3v) is 5.68. The van der Waals surface area contributed by atoms with Crippen molar-refractivity contribution >= 4 is 32.7 Å². The van der Waals surface area contributed by atoms with E-state index < -0.39 is 10.0 Å². The molecule has 154 valence electrons. The molecule has 0 atom stereocenters. The quantitative estimate of drug-likeness (QED) is 0.469. The molecule has 4 rings (SSSR count). The number of para-hydroxylation sites is 2. The molecule has 2 aromatic heterocycles. The number of aromatic nitrogens is 4. The van der Waals surface area contributed by atoms with Crippen molar-refractivity contribution in [3.05, 3.63) is 66.5 Å². The van der Waals surface area contributed by atoms with Crippen LogP contribution in [0, 0.1) is 0 Å². The Balaban J connectivity index is 1.68. The van der Waals surface area contributed by atoms with Gasteiger partial charge in [0, 0.05) is 19.8 Å². The second-order valence-electron chi connectivity index (χ2n) is 6.57. The first kappa shape index (κ1) is 19.6. The number of benzene rings is 2. The third-order valence-electron chi connectivity index (χ3n) is 4.39. The zero-order valence-corrected chi connectivity index (χ0v) is 17.2. The molecule has 0 radical (unpaired) electrons. The number of sulfonamides is 1. The predicted molar refractivity (Wildman–Crippen MR) is 114 cm³/mol. The molecular formula is C20H20N6O3S. The van der Waals surface area contributed by atoms with Gasteiger partial charge in [0.15, 0.2) is 11.6 Å². The first-order valence-corrected chi connectivity index (χ1v) is 10.6. The van der Waals surface area contributed by atoms with Crippen LogP contribution in [0.3, 0.4) is 0 Å². The van der Waals surface area contributed by atoms with Crippen molar-refractivity contribution in [3.8, 4) is 5.75 Å². The van der Waals surface area contributed by atoms with Gasteiger partial charge >= 0.3 is 0 Å². The lowest BCUT2D eigenvalue weighted by molar-refractivity contribution is 0.414. The molecule has 0 amide bonds. The Bertz CT molecular complexity index is 1300. The van der Waals surface area contributed by atoms with Crippen LogP contribution in [-0.4, -0.2) is 35.3 Å². The largest absolute Gasteiger partial charge is 0.497 e. The van der Waals surface area contributed by atoms with E-state index in [4.69, 9.17) is 4.74 Å². The number of rotatable bonds is 7. The Morgan fingerprint density at radius 2 is 1.77 bits per heavy atom. The minimum atomic E-state index is -3.87. The number of nitrogens with zero attached hydrogens (tertiary/aromatic N) is 4. The van der Waals surface area contributed by atoms with Crippen LogP contribution in [0.2, 0.25) is 0 Å². The van der Waals surface area contributed by atoms with Gasteiger partial charge in [-0.1, -0.05) is 24.3 Å². The van der Waals surface area contributed by atoms with Crippen molar-refractivity contribution in [1.29, 1.82) is 0 Å². The number of hydrogen-bond acceptors (Lipinski definition) is 7. The maximum Gasteiger partial charge on any atom is 0.266 e. The Morgan fingerprint density at radius 1 is 1.03 bits per heavy atom. The monoisotopic (exact) mass is 424 g/mol.